The minimum absolute atomic E-state index is 0.252. The Hall–Kier alpha value is -1.03. The Morgan fingerprint density at radius 1 is 1.47 bits per heavy atom. The molecule has 0 spiro atoms. The number of hydrogen-bond acceptors (Lipinski definition) is 3. The molecule has 3 nitrogen and oxygen atoms in total. The second-order valence-corrected chi connectivity index (χ2v) is 4.31. The van der Waals surface area contributed by atoms with Gasteiger partial charge in [0.1, 0.15) is 4.83 Å². The van der Waals surface area contributed by atoms with Gasteiger partial charge in [-0.15, -0.1) is 0 Å². The van der Waals surface area contributed by atoms with E-state index in [9.17, 15) is 4.79 Å². The number of methoxy groups -OCH3 is 1. The molecule has 0 heterocycles. The van der Waals surface area contributed by atoms with Gasteiger partial charge in [-0.2, -0.15) is 0 Å². The molecule has 15 heavy (non-hydrogen) atoms. The van der Waals surface area contributed by atoms with E-state index in [2.05, 4.69) is 20.7 Å². The average Bonchev–Trinajstić information content (AvgIpc) is 2.29. The van der Waals surface area contributed by atoms with Crippen LogP contribution in [0.3, 0.4) is 0 Å². The Labute approximate surface area is 98.2 Å². The largest absolute Gasteiger partial charge is 0.468 e. The summed E-state index contributed by atoms with van der Waals surface area (Å²) in [5.41, 5.74) is 1.07. The summed E-state index contributed by atoms with van der Waals surface area (Å²) in [4.78, 5) is 12.9. The second-order valence-electron chi connectivity index (χ2n) is 3.21. The highest BCUT2D eigenvalue weighted by Crippen LogP contribution is 2.13. The summed E-state index contributed by atoms with van der Waals surface area (Å²) in [5.74, 6) is -0.252. The first-order valence-corrected chi connectivity index (χ1v) is 5.55. The van der Waals surface area contributed by atoms with Gasteiger partial charge in [0, 0.05) is 19.3 Å². The van der Waals surface area contributed by atoms with E-state index in [0.717, 1.165) is 5.69 Å². The third kappa shape index (κ3) is 3.55. The van der Waals surface area contributed by atoms with Crippen LogP contribution >= 0.6 is 15.9 Å². The van der Waals surface area contributed by atoms with Crippen LogP contribution in [0.4, 0.5) is 5.69 Å². The molecule has 0 fully saturated rings. The van der Waals surface area contributed by atoms with Crippen molar-refractivity contribution in [3.8, 4) is 0 Å². The molecule has 0 bridgehead atoms. The third-order valence-corrected chi connectivity index (χ3v) is 2.75. The maximum atomic E-state index is 11.2. The van der Waals surface area contributed by atoms with E-state index in [0.29, 0.717) is 6.54 Å². The summed E-state index contributed by atoms with van der Waals surface area (Å²) in [6.45, 7) is 0.580. The van der Waals surface area contributed by atoms with Gasteiger partial charge < -0.3 is 9.64 Å². The van der Waals surface area contributed by atoms with Crippen molar-refractivity contribution in [3.63, 3.8) is 0 Å². The molecule has 0 saturated heterocycles. The Morgan fingerprint density at radius 2 is 2.07 bits per heavy atom. The summed E-state index contributed by atoms with van der Waals surface area (Å²) in [6.07, 6.45) is 0. The molecule has 1 atom stereocenters. The minimum Gasteiger partial charge on any atom is -0.468 e. The quantitative estimate of drug-likeness (QED) is 0.620. The van der Waals surface area contributed by atoms with Gasteiger partial charge in [0.15, 0.2) is 0 Å². The molecule has 4 heteroatoms. The SMILES string of the molecule is COC(=O)C(Br)CN(C)c1ccccc1. The van der Waals surface area contributed by atoms with Crippen LogP contribution in [0.15, 0.2) is 30.3 Å². The predicted octanol–water partition coefficient (Wildman–Crippen LogP) is 2.06. The molecule has 0 radical (unpaired) electrons. The number of rotatable bonds is 4. The van der Waals surface area contributed by atoms with Gasteiger partial charge in [-0.05, 0) is 12.1 Å². The number of anilines is 1. The number of para-hydroxylation sites is 1. The topological polar surface area (TPSA) is 29.5 Å². The first-order chi connectivity index (χ1) is 7.15. The number of nitrogens with zero attached hydrogens (tertiary/aromatic N) is 1. The van der Waals surface area contributed by atoms with E-state index < -0.39 is 0 Å². The fourth-order valence-corrected chi connectivity index (χ4v) is 1.85. The van der Waals surface area contributed by atoms with Gasteiger partial charge in [-0.25, -0.2) is 0 Å². The van der Waals surface area contributed by atoms with Crippen molar-refractivity contribution < 1.29 is 9.53 Å². The standard InChI is InChI=1S/C11H14BrNO2/c1-13(8-10(12)11(14)15-2)9-6-4-3-5-7-9/h3-7,10H,8H2,1-2H3. The lowest BCUT2D eigenvalue weighted by molar-refractivity contribution is -0.139. The number of carbonyl (C=O) groups is 1. The minimum atomic E-state index is -0.298. The molecule has 0 aliphatic rings. The number of alkyl halides is 1. The molecule has 82 valence electrons. The number of hydrogen-bond donors (Lipinski definition) is 0. The van der Waals surface area contributed by atoms with Crippen molar-refractivity contribution in [2.24, 2.45) is 0 Å². The molecule has 0 aliphatic carbocycles. The Kier molecular flexibility index (Phi) is 4.62. The van der Waals surface area contributed by atoms with E-state index in [1.165, 1.54) is 7.11 Å². The summed E-state index contributed by atoms with van der Waals surface area (Å²) in [5, 5.41) is 0. The van der Waals surface area contributed by atoms with Crippen LogP contribution in [-0.2, 0) is 9.53 Å². The second kappa shape index (κ2) is 5.75. The molecule has 0 saturated carbocycles. The lowest BCUT2D eigenvalue weighted by Gasteiger charge is -2.21. The van der Waals surface area contributed by atoms with Crippen molar-refractivity contribution in [2.45, 2.75) is 4.83 Å². The highest BCUT2D eigenvalue weighted by atomic mass is 79.9. The number of carbonyl (C=O) groups excluding carboxylic acids is 1. The van der Waals surface area contributed by atoms with Crippen molar-refractivity contribution >= 4 is 27.6 Å². The summed E-state index contributed by atoms with van der Waals surface area (Å²) < 4.78 is 4.64. The van der Waals surface area contributed by atoms with Crippen LogP contribution in [0.5, 0.6) is 0 Å². The molecule has 1 aromatic rings. The molecule has 1 aromatic carbocycles. The van der Waals surface area contributed by atoms with Crippen LogP contribution in [-0.4, -0.2) is 31.5 Å². The van der Waals surface area contributed by atoms with Gasteiger partial charge in [-0.3, -0.25) is 4.79 Å². The fraction of sp³-hybridized carbons (Fsp3) is 0.364. The zero-order chi connectivity index (χ0) is 11.3. The smallest absolute Gasteiger partial charge is 0.321 e. The summed E-state index contributed by atoms with van der Waals surface area (Å²) in [6, 6.07) is 9.89. The van der Waals surface area contributed by atoms with Gasteiger partial charge in [0.05, 0.1) is 7.11 Å². The molecule has 1 rings (SSSR count). The van der Waals surface area contributed by atoms with Crippen molar-refractivity contribution in [3.05, 3.63) is 30.3 Å². The molecule has 0 amide bonds. The monoisotopic (exact) mass is 271 g/mol. The van der Waals surface area contributed by atoms with Gasteiger partial charge in [0.2, 0.25) is 0 Å². The first-order valence-electron chi connectivity index (χ1n) is 4.63. The molecular formula is C11H14BrNO2. The van der Waals surface area contributed by atoms with Gasteiger partial charge >= 0.3 is 5.97 Å². The van der Waals surface area contributed by atoms with E-state index in [-0.39, 0.29) is 10.8 Å². The van der Waals surface area contributed by atoms with Crippen LogP contribution in [0, 0.1) is 0 Å². The fourth-order valence-electron chi connectivity index (χ4n) is 1.23. The first kappa shape index (κ1) is 12.0. The zero-order valence-electron chi connectivity index (χ0n) is 8.81. The van der Waals surface area contributed by atoms with Crippen LogP contribution < -0.4 is 4.90 Å². The molecular weight excluding hydrogens is 258 g/mol. The van der Waals surface area contributed by atoms with Crippen LogP contribution in [0.25, 0.3) is 0 Å². The third-order valence-electron chi connectivity index (χ3n) is 2.09. The normalized spacial score (nSPS) is 11.9. The number of benzene rings is 1. The summed E-state index contributed by atoms with van der Waals surface area (Å²) in [7, 11) is 3.33. The van der Waals surface area contributed by atoms with Gasteiger partial charge in [0.25, 0.3) is 0 Å². The summed E-state index contributed by atoms with van der Waals surface area (Å²) >= 11 is 3.29. The molecule has 0 N–H and O–H groups in total. The van der Waals surface area contributed by atoms with E-state index in [1.54, 1.807) is 0 Å². The zero-order valence-corrected chi connectivity index (χ0v) is 10.4. The van der Waals surface area contributed by atoms with E-state index in [4.69, 9.17) is 0 Å². The van der Waals surface area contributed by atoms with Crippen molar-refractivity contribution in [1.29, 1.82) is 0 Å². The van der Waals surface area contributed by atoms with Crippen molar-refractivity contribution in [2.75, 3.05) is 25.6 Å². The molecule has 1 unspecified atom stereocenters. The molecule has 0 aliphatic heterocycles. The number of ether oxygens (including phenoxy) is 1. The Morgan fingerprint density at radius 3 is 2.60 bits per heavy atom. The van der Waals surface area contributed by atoms with Crippen LogP contribution in [0.2, 0.25) is 0 Å². The molecule has 0 aromatic heterocycles. The van der Waals surface area contributed by atoms with E-state index >= 15 is 0 Å². The highest BCUT2D eigenvalue weighted by Gasteiger charge is 2.17. The van der Waals surface area contributed by atoms with E-state index in [1.807, 2.05) is 42.3 Å². The highest BCUT2D eigenvalue weighted by molar-refractivity contribution is 9.10. The average molecular weight is 272 g/mol. The lowest BCUT2D eigenvalue weighted by Crippen LogP contribution is -2.31. The Bertz CT molecular complexity index is 316. The lowest BCUT2D eigenvalue weighted by atomic mass is 10.3. The maximum Gasteiger partial charge on any atom is 0.321 e. The van der Waals surface area contributed by atoms with Crippen LogP contribution in [0.1, 0.15) is 0 Å². The number of halogens is 1. The maximum absolute atomic E-state index is 11.2. The predicted molar refractivity (Wildman–Crippen MR) is 64.4 cm³/mol. The van der Waals surface area contributed by atoms with Gasteiger partial charge in [-0.1, -0.05) is 34.1 Å². The Balaban J connectivity index is 2.56. The number of esters is 1. The van der Waals surface area contributed by atoms with Crippen molar-refractivity contribution in [1.82, 2.24) is 0 Å².